The molecule has 3 unspecified atom stereocenters. The van der Waals surface area contributed by atoms with Crippen LogP contribution < -0.4 is 27.2 Å². The largest absolute Gasteiger partial charge is 0.343 e. The van der Waals surface area contributed by atoms with Crippen molar-refractivity contribution in [3.05, 3.63) is 70.8 Å². The zero-order valence-electron chi connectivity index (χ0n) is 16.1. The Kier molecular flexibility index (Phi) is 6.13. The number of carbonyl (C=O) groups is 1. The van der Waals surface area contributed by atoms with Gasteiger partial charge in [0.05, 0.1) is 17.4 Å². The molecule has 1 amide bonds. The zero-order valence-corrected chi connectivity index (χ0v) is 16.9. The smallest absolute Gasteiger partial charge is 0.221 e. The van der Waals surface area contributed by atoms with Gasteiger partial charge < -0.3 is 5.32 Å². The predicted molar refractivity (Wildman–Crippen MR) is 113 cm³/mol. The number of nitrogens with zero attached hydrogens (tertiary/aromatic N) is 1. The molecule has 0 bridgehead atoms. The number of benzene rings is 2. The van der Waals surface area contributed by atoms with E-state index in [1.54, 1.807) is 11.8 Å². The van der Waals surface area contributed by atoms with Crippen molar-refractivity contribution in [2.45, 2.75) is 36.6 Å². The number of hydrogen-bond donors (Lipinski definition) is 5. The maximum absolute atomic E-state index is 12.4. The van der Waals surface area contributed by atoms with Crippen LogP contribution in [0.1, 0.15) is 40.8 Å². The fourth-order valence-corrected chi connectivity index (χ4v) is 5.07. The van der Waals surface area contributed by atoms with Gasteiger partial charge in [-0.15, -0.1) is 11.8 Å². The van der Waals surface area contributed by atoms with Crippen LogP contribution in [-0.2, 0) is 10.5 Å². The first-order valence-electron chi connectivity index (χ1n) is 9.61. The zero-order chi connectivity index (χ0) is 20.2. The number of carbonyl (C=O) groups excluding carboxylic acids is 1. The van der Waals surface area contributed by atoms with Gasteiger partial charge in [-0.2, -0.15) is 16.3 Å². The van der Waals surface area contributed by atoms with Crippen LogP contribution in [0.2, 0.25) is 0 Å². The van der Waals surface area contributed by atoms with E-state index < -0.39 is 0 Å². The fraction of sp³-hybridized carbons (Fsp3) is 0.333. The van der Waals surface area contributed by atoms with E-state index in [0.717, 1.165) is 22.3 Å². The number of nitriles is 1. The summed E-state index contributed by atoms with van der Waals surface area (Å²) < 4.78 is 0. The molecule has 0 aliphatic carbocycles. The van der Waals surface area contributed by atoms with Crippen LogP contribution in [0, 0.1) is 24.2 Å². The summed E-state index contributed by atoms with van der Waals surface area (Å²) in [6.07, 6.45) is 0.333. The quantitative estimate of drug-likeness (QED) is 0.517. The molecular weight excluding hydrogens is 384 g/mol. The summed E-state index contributed by atoms with van der Waals surface area (Å²) >= 11 is 1.61. The third-order valence-electron chi connectivity index (χ3n) is 5.30. The van der Waals surface area contributed by atoms with Crippen molar-refractivity contribution in [2.75, 3.05) is 0 Å². The van der Waals surface area contributed by atoms with Gasteiger partial charge in [0.15, 0.2) is 0 Å². The second-order valence-corrected chi connectivity index (χ2v) is 8.53. The first kappa shape index (κ1) is 19.9. The molecule has 0 aromatic heterocycles. The second kappa shape index (κ2) is 8.95. The number of nitrogens with one attached hydrogen (secondary N) is 5. The Morgan fingerprint density at radius 1 is 1.10 bits per heavy atom. The van der Waals surface area contributed by atoms with Crippen LogP contribution in [0.3, 0.4) is 0 Å². The summed E-state index contributed by atoms with van der Waals surface area (Å²) in [5, 5.41) is 12.7. The Balaban J connectivity index is 1.48. The summed E-state index contributed by atoms with van der Waals surface area (Å²) in [4.78, 5) is 12.4. The molecule has 2 aliphatic rings. The van der Waals surface area contributed by atoms with Gasteiger partial charge in [0.2, 0.25) is 5.91 Å². The molecule has 150 valence electrons. The van der Waals surface area contributed by atoms with Crippen LogP contribution >= 0.6 is 11.8 Å². The van der Waals surface area contributed by atoms with Crippen LogP contribution in [0.5, 0.6) is 0 Å². The van der Waals surface area contributed by atoms with E-state index in [0.29, 0.717) is 12.2 Å². The lowest BCUT2D eigenvalue weighted by molar-refractivity contribution is -0.123. The van der Waals surface area contributed by atoms with E-state index in [9.17, 15) is 10.1 Å². The molecule has 29 heavy (non-hydrogen) atoms. The van der Waals surface area contributed by atoms with E-state index in [4.69, 9.17) is 0 Å². The Morgan fingerprint density at radius 3 is 2.62 bits per heavy atom. The van der Waals surface area contributed by atoms with Crippen molar-refractivity contribution in [3.63, 3.8) is 0 Å². The lowest BCUT2D eigenvalue weighted by atomic mass is 9.81. The summed E-state index contributed by atoms with van der Waals surface area (Å²) in [7, 11) is 0. The van der Waals surface area contributed by atoms with Gasteiger partial charge in [0, 0.05) is 18.1 Å². The third kappa shape index (κ3) is 4.61. The lowest BCUT2D eigenvalue weighted by Crippen LogP contribution is -2.46. The standard InChI is InChI=1S/C21H24N6OS/c1-13-4-2-6-15(8-13)17-10-19(28)23-21(18(17)11-22)29-12-14-5-3-7-16(9-14)20-24-26-27-25-20/h2-9,17-18,20-21,24-27H,10,12H2,1H3,(H,23,28). The minimum atomic E-state index is -0.269. The fourth-order valence-electron chi connectivity index (χ4n) is 3.84. The number of amides is 1. The number of piperidine rings is 1. The SMILES string of the molecule is Cc1cccc(C2CC(=O)NC(SCc3cccc(C4NNNN4)c3)C2C#N)c1. The highest BCUT2D eigenvalue weighted by Crippen LogP contribution is 2.38. The van der Waals surface area contributed by atoms with E-state index in [1.807, 2.05) is 37.3 Å². The second-order valence-electron chi connectivity index (χ2n) is 7.40. The molecule has 8 heteroatoms. The van der Waals surface area contributed by atoms with Crippen LogP contribution in [0.4, 0.5) is 0 Å². The third-order valence-corrected chi connectivity index (χ3v) is 6.57. The van der Waals surface area contributed by atoms with E-state index in [2.05, 4.69) is 51.5 Å². The maximum Gasteiger partial charge on any atom is 0.221 e. The molecule has 2 aromatic carbocycles. The van der Waals surface area contributed by atoms with Gasteiger partial charge >= 0.3 is 0 Å². The maximum atomic E-state index is 12.4. The molecule has 2 aromatic rings. The highest BCUT2D eigenvalue weighted by atomic mass is 32.2. The van der Waals surface area contributed by atoms with Gasteiger partial charge in [-0.25, -0.2) is 10.9 Å². The molecule has 2 saturated heterocycles. The molecule has 2 heterocycles. The Labute approximate surface area is 174 Å². The van der Waals surface area contributed by atoms with Crippen LogP contribution in [0.15, 0.2) is 48.5 Å². The predicted octanol–water partition coefficient (Wildman–Crippen LogP) is 2.11. The van der Waals surface area contributed by atoms with Crippen molar-refractivity contribution in [1.82, 2.24) is 27.2 Å². The summed E-state index contributed by atoms with van der Waals surface area (Å²) in [5.41, 5.74) is 16.2. The molecule has 7 nitrogen and oxygen atoms in total. The van der Waals surface area contributed by atoms with Gasteiger partial charge in [0.1, 0.15) is 6.17 Å². The van der Waals surface area contributed by atoms with E-state index in [-0.39, 0.29) is 29.3 Å². The number of hydrogen-bond acceptors (Lipinski definition) is 7. The normalized spacial score (nSPS) is 24.8. The monoisotopic (exact) mass is 408 g/mol. The van der Waals surface area contributed by atoms with Gasteiger partial charge in [0.25, 0.3) is 0 Å². The number of aryl methyl sites for hydroxylation is 1. The number of hydrazine groups is 3. The minimum Gasteiger partial charge on any atom is -0.343 e. The highest BCUT2D eigenvalue weighted by Gasteiger charge is 2.38. The summed E-state index contributed by atoms with van der Waals surface area (Å²) in [6.45, 7) is 2.03. The van der Waals surface area contributed by atoms with Gasteiger partial charge in [-0.1, -0.05) is 54.1 Å². The first-order valence-corrected chi connectivity index (χ1v) is 10.7. The summed E-state index contributed by atoms with van der Waals surface area (Å²) in [6, 6.07) is 18.8. The van der Waals surface area contributed by atoms with E-state index in [1.165, 1.54) is 0 Å². The molecule has 3 atom stereocenters. The molecule has 0 saturated carbocycles. The Hall–Kier alpha value is -2.41. The molecule has 2 aliphatic heterocycles. The lowest BCUT2D eigenvalue weighted by Gasteiger charge is -2.34. The Morgan fingerprint density at radius 2 is 1.86 bits per heavy atom. The molecule has 5 N–H and O–H groups in total. The average molecular weight is 409 g/mol. The first-order chi connectivity index (χ1) is 14.1. The summed E-state index contributed by atoms with van der Waals surface area (Å²) in [5.74, 6) is 0.368. The van der Waals surface area contributed by atoms with Crippen molar-refractivity contribution in [2.24, 2.45) is 5.92 Å². The van der Waals surface area contributed by atoms with Crippen molar-refractivity contribution in [1.29, 1.82) is 5.26 Å². The number of rotatable bonds is 5. The minimum absolute atomic E-state index is 0.00533. The molecule has 0 radical (unpaired) electrons. The van der Waals surface area contributed by atoms with E-state index >= 15 is 0 Å². The Bertz CT molecular complexity index is 923. The van der Waals surface area contributed by atoms with Crippen molar-refractivity contribution in [3.8, 4) is 6.07 Å². The molecule has 4 rings (SSSR count). The number of thioether (sulfide) groups is 1. The molecular formula is C21H24N6OS. The van der Waals surface area contributed by atoms with Crippen LogP contribution in [0.25, 0.3) is 0 Å². The van der Waals surface area contributed by atoms with Gasteiger partial charge in [-0.3, -0.25) is 4.79 Å². The highest BCUT2D eigenvalue weighted by molar-refractivity contribution is 7.99. The van der Waals surface area contributed by atoms with Crippen molar-refractivity contribution >= 4 is 17.7 Å². The topological polar surface area (TPSA) is 101 Å². The molecule has 0 spiro atoms. The molecule has 2 fully saturated rings. The average Bonchev–Trinajstić information content (AvgIpc) is 3.27. The van der Waals surface area contributed by atoms with Crippen molar-refractivity contribution < 1.29 is 4.79 Å². The van der Waals surface area contributed by atoms with Gasteiger partial charge in [-0.05, 0) is 23.6 Å². The van der Waals surface area contributed by atoms with Crippen LogP contribution in [-0.4, -0.2) is 11.3 Å².